The molecule has 0 radical (unpaired) electrons. The van der Waals surface area contributed by atoms with Crippen LogP contribution in [0.15, 0.2) is 5.22 Å². The molecular formula is C2H5N3O. The van der Waals surface area contributed by atoms with Crippen molar-refractivity contribution in [2.45, 2.75) is 0 Å². The van der Waals surface area contributed by atoms with E-state index in [0.717, 1.165) is 0 Å². The van der Waals surface area contributed by atoms with E-state index in [2.05, 4.69) is 10.6 Å². The second-order valence-corrected chi connectivity index (χ2v) is 1.08. The van der Waals surface area contributed by atoms with Gasteiger partial charge in [0.25, 0.3) is 0 Å². The highest BCUT2D eigenvalue weighted by Gasteiger charge is 1.98. The van der Waals surface area contributed by atoms with E-state index in [0.29, 0.717) is 18.0 Å². The van der Waals surface area contributed by atoms with Gasteiger partial charge in [-0.1, -0.05) is 0 Å². The van der Waals surface area contributed by atoms with Crippen LogP contribution in [0.2, 0.25) is 0 Å². The van der Waals surface area contributed by atoms with Gasteiger partial charge in [0.15, 0.2) is 0 Å². The highest BCUT2D eigenvalue weighted by Crippen LogP contribution is 1.77. The summed E-state index contributed by atoms with van der Waals surface area (Å²) in [6.45, 7) is 1.17. The summed E-state index contributed by atoms with van der Waals surface area (Å²) in [5.74, 6) is 0. The van der Waals surface area contributed by atoms with Crippen LogP contribution < -0.4 is 5.43 Å². The van der Waals surface area contributed by atoms with E-state index in [-0.39, 0.29) is 0 Å². The van der Waals surface area contributed by atoms with Crippen molar-refractivity contribution in [2.24, 2.45) is 5.22 Å². The van der Waals surface area contributed by atoms with Gasteiger partial charge in [0.05, 0.1) is 5.22 Å². The molecule has 0 amide bonds. The second-order valence-electron chi connectivity index (χ2n) is 1.08. The average Bonchev–Trinajstić information content (AvgIpc) is 1.86. The molecule has 0 saturated heterocycles. The van der Waals surface area contributed by atoms with Crippen LogP contribution in [-0.2, 0) is 0 Å². The maximum Gasteiger partial charge on any atom is 0.150 e. The molecule has 0 aliphatic carbocycles. The molecular weight excluding hydrogens is 82.0 g/mol. The summed E-state index contributed by atoms with van der Waals surface area (Å²) >= 11 is 0. The molecule has 0 unspecified atom stereocenters. The molecule has 1 aliphatic rings. The molecule has 0 aromatic rings. The van der Waals surface area contributed by atoms with Crippen molar-refractivity contribution in [1.29, 1.82) is 0 Å². The number of nitrogens with zero attached hydrogens (tertiary/aromatic N) is 2. The van der Waals surface area contributed by atoms with Crippen LogP contribution >= 0.6 is 0 Å². The molecule has 0 atom stereocenters. The number of rotatable bonds is 0. The fraction of sp³-hybridized carbons (Fsp3) is 1.00. The molecule has 0 saturated carbocycles. The van der Waals surface area contributed by atoms with E-state index in [1.54, 1.807) is 0 Å². The fourth-order valence-electron chi connectivity index (χ4n) is 0.325. The Hall–Kier alpha value is -0.800. The van der Waals surface area contributed by atoms with Gasteiger partial charge in [-0.05, 0) is 0 Å². The Kier molecular flexibility index (Phi) is 0.633. The summed E-state index contributed by atoms with van der Waals surface area (Å²) in [4.78, 5) is 0.625. The van der Waals surface area contributed by atoms with Gasteiger partial charge in [-0.15, -0.1) is 0 Å². The predicted octanol–water partition coefficient (Wildman–Crippen LogP) is -0.533. The molecule has 0 spiro atoms. The third-order valence-corrected chi connectivity index (χ3v) is 0.597. The Morgan fingerprint density at radius 1 is 1.83 bits per heavy atom. The smallest absolute Gasteiger partial charge is 0.150 e. The van der Waals surface area contributed by atoms with Crippen LogP contribution in [0.3, 0.4) is 0 Å². The minimum Gasteiger partial charge on any atom is -0.696 e. The highest BCUT2D eigenvalue weighted by molar-refractivity contribution is 4.34. The first kappa shape index (κ1) is 3.39. The van der Waals surface area contributed by atoms with E-state index >= 15 is 0 Å². The van der Waals surface area contributed by atoms with Crippen LogP contribution in [0, 0.1) is 5.21 Å². The Labute approximate surface area is 35.0 Å². The fourth-order valence-corrected chi connectivity index (χ4v) is 0.325. The van der Waals surface area contributed by atoms with Crippen LogP contribution in [0.1, 0.15) is 0 Å². The zero-order chi connectivity index (χ0) is 4.41. The Bertz CT molecular complexity index is 78.9. The maximum absolute atomic E-state index is 9.93. The molecule has 6 heavy (non-hydrogen) atoms. The van der Waals surface area contributed by atoms with E-state index in [4.69, 9.17) is 0 Å². The van der Waals surface area contributed by atoms with Crippen molar-refractivity contribution in [3.63, 3.8) is 0 Å². The molecule has 1 rings (SSSR count). The summed E-state index contributed by atoms with van der Waals surface area (Å²) in [6.07, 6.45) is 0. The third-order valence-electron chi connectivity index (χ3n) is 0.597. The Morgan fingerprint density at radius 3 is 2.83 bits per heavy atom. The molecule has 0 aromatic heterocycles. The quantitative estimate of drug-likeness (QED) is 0.319. The molecule has 1 N–H and O–H groups in total. The lowest BCUT2D eigenvalue weighted by Gasteiger charge is -1.90. The molecule has 0 aromatic carbocycles. The average molecular weight is 87.1 g/mol. The van der Waals surface area contributed by atoms with Crippen LogP contribution in [0.4, 0.5) is 0 Å². The molecule has 34 valence electrons. The lowest BCUT2D eigenvalue weighted by Crippen LogP contribution is -2.02. The van der Waals surface area contributed by atoms with Crippen molar-refractivity contribution in [1.82, 2.24) is 5.43 Å². The third kappa shape index (κ3) is 0.403. The first-order valence-electron chi connectivity index (χ1n) is 1.78. The summed E-state index contributed by atoms with van der Waals surface area (Å²) in [7, 11) is 0. The summed E-state index contributed by atoms with van der Waals surface area (Å²) in [5, 5.41) is 13.2. The Balaban J connectivity index is 2.45. The predicted molar refractivity (Wildman–Crippen MR) is 18.9 cm³/mol. The molecule has 4 heteroatoms. The van der Waals surface area contributed by atoms with E-state index in [1.165, 1.54) is 0 Å². The van der Waals surface area contributed by atoms with E-state index in [9.17, 15) is 5.21 Å². The number of hydroxylamine groups is 1. The Morgan fingerprint density at radius 2 is 2.67 bits per heavy atom. The zero-order valence-electron chi connectivity index (χ0n) is 3.22. The highest BCUT2D eigenvalue weighted by atomic mass is 16.5. The molecule has 1 aliphatic heterocycles. The largest absolute Gasteiger partial charge is 0.696 e. The van der Waals surface area contributed by atoms with Gasteiger partial charge in [0, 0.05) is 0 Å². The van der Waals surface area contributed by atoms with Gasteiger partial charge < -0.3 is 5.21 Å². The maximum atomic E-state index is 9.93. The minimum absolute atomic E-state index is 0.486. The van der Waals surface area contributed by atoms with Crippen molar-refractivity contribution in [3.05, 3.63) is 5.21 Å². The summed E-state index contributed by atoms with van der Waals surface area (Å²) < 4.78 is 0. The first-order valence-corrected chi connectivity index (χ1v) is 1.78. The van der Waals surface area contributed by atoms with Crippen molar-refractivity contribution in [2.75, 3.05) is 13.1 Å². The summed E-state index contributed by atoms with van der Waals surface area (Å²) in [6, 6.07) is 0. The first-order chi connectivity index (χ1) is 2.89. The number of nitrogens with one attached hydrogen (secondary N) is 1. The zero-order valence-corrected chi connectivity index (χ0v) is 3.22. The van der Waals surface area contributed by atoms with Gasteiger partial charge in [-0.2, -0.15) is 10.3 Å². The summed E-state index contributed by atoms with van der Waals surface area (Å²) in [5.41, 5.74) is 2.51. The second kappa shape index (κ2) is 1.12. The van der Waals surface area contributed by atoms with Gasteiger partial charge in [-0.25, -0.2) is 0 Å². The van der Waals surface area contributed by atoms with Crippen molar-refractivity contribution >= 4 is 0 Å². The molecule has 0 fully saturated rings. The van der Waals surface area contributed by atoms with Gasteiger partial charge >= 0.3 is 0 Å². The molecule has 4 nitrogen and oxygen atoms in total. The van der Waals surface area contributed by atoms with Gasteiger partial charge in [-0.3, -0.25) is 0 Å². The topological polar surface area (TPSA) is 50.5 Å². The monoisotopic (exact) mass is 87.0 g/mol. The lowest BCUT2D eigenvalue weighted by molar-refractivity contribution is -0.514. The van der Waals surface area contributed by atoms with Crippen LogP contribution in [-0.4, -0.2) is 18.0 Å². The van der Waals surface area contributed by atoms with Crippen LogP contribution in [0.25, 0.3) is 0 Å². The normalized spacial score (nSPS) is 19.7. The van der Waals surface area contributed by atoms with Gasteiger partial charge in [0.2, 0.25) is 0 Å². The standard InChI is InChI=1S/C2H5N3O/c6-5-2-1-3-4-5/h3H,1-2H2. The van der Waals surface area contributed by atoms with Crippen LogP contribution in [0.5, 0.6) is 0 Å². The van der Waals surface area contributed by atoms with E-state index < -0.39 is 0 Å². The van der Waals surface area contributed by atoms with Crippen molar-refractivity contribution in [3.8, 4) is 0 Å². The number of hydrogen-bond acceptors (Lipinski definition) is 3. The number of hydrogen-bond donors (Lipinski definition) is 1. The minimum atomic E-state index is 0.486. The van der Waals surface area contributed by atoms with Crippen molar-refractivity contribution < 1.29 is 4.86 Å². The van der Waals surface area contributed by atoms with E-state index in [1.807, 2.05) is 0 Å². The van der Waals surface area contributed by atoms with Gasteiger partial charge in [0.1, 0.15) is 13.1 Å². The molecule has 0 bridgehead atoms. The SMILES string of the molecule is [O-][N+]1=NNCC1. The lowest BCUT2D eigenvalue weighted by atomic mass is 10.7. The molecule has 1 heterocycles.